The topological polar surface area (TPSA) is 87.7 Å². The van der Waals surface area contributed by atoms with Crippen LogP contribution in [0.4, 0.5) is 10.5 Å². The van der Waals surface area contributed by atoms with E-state index in [0.29, 0.717) is 17.0 Å². The number of nitrogens with zero attached hydrogens (tertiary/aromatic N) is 1. The number of fused-ring (bicyclic) bond motifs is 1. The molecular weight excluding hydrogens is 394 g/mol. The number of rotatable bonds is 5. The van der Waals surface area contributed by atoms with Gasteiger partial charge in [0.2, 0.25) is 5.91 Å². The second-order valence-electron chi connectivity index (χ2n) is 7.71. The lowest BCUT2D eigenvalue weighted by Gasteiger charge is -2.23. The first-order valence-electron chi connectivity index (χ1n) is 9.90. The summed E-state index contributed by atoms with van der Waals surface area (Å²) in [4.78, 5) is 39.3. The Morgan fingerprint density at radius 1 is 1.10 bits per heavy atom. The largest absolute Gasteiger partial charge is 0.496 e. The van der Waals surface area contributed by atoms with E-state index >= 15 is 0 Å². The Balaban J connectivity index is 1.54. The fraction of sp³-hybridized carbons (Fsp3) is 0.208. The van der Waals surface area contributed by atoms with Crippen LogP contribution >= 0.6 is 0 Å². The third-order valence-electron chi connectivity index (χ3n) is 5.61. The molecule has 4 amide bonds. The van der Waals surface area contributed by atoms with Crippen LogP contribution in [0.2, 0.25) is 0 Å². The number of methoxy groups -OCH3 is 1. The first-order valence-corrected chi connectivity index (χ1v) is 9.90. The molecule has 158 valence electrons. The fourth-order valence-electron chi connectivity index (χ4n) is 3.89. The van der Waals surface area contributed by atoms with Crippen LogP contribution in [0.15, 0.2) is 60.7 Å². The van der Waals surface area contributed by atoms with E-state index < -0.39 is 23.4 Å². The van der Waals surface area contributed by atoms with Crippen molar-refractivity contribution in [1.82, 2.24) is 10.2 Å². The Morgan fingerprint density at radius 3 is 2.58 bits per heavy atom. The molecule has 7 nitrogen and oxygen atoms in total. The lowest BCUT2D eigenvalue weighted by atomic mass is 9.90. The number of nitrogens with one attached hydrogen (secondary N) is 2. The van der Waals surface area contributed by atoms with E-state index in [1.54, 1.807) is 38.3 Å². The zero-order valence-electron chi connectivity index (χ0n) is 17.6. The lowest BCUT2D eigenvalue weighted by molar-refractivity contribution is -0.133. The highest BCUT2D eigenvalue weighted by molar-refractivity contribution is 6.11. The van der Waals surface area contributed by atoms with Gasteiger partial charge in [-0.3, -0.25) is 14.5 Å². The molecule has 7 heteroatoms. The number of aryl methyl sites for hydroxylation is 1. The highest BCUT2D eigenvalue weighted by atomic mass is 16.5. The summed E-state index contributed by atoms with van der Waals surface area (Å²) < 4.78 is 5.27. The van der Waals surface area contributed by atoms with Gasteiger partial charge in [-0.1, -0.05) is 42.5 Å². The summed E-state index contributed by atoms with van der Waals surface area (Å²) in [6.45, 7) is 3.12. The Bertz CT molecular complexity index is 1200. The molecule has 4 rings (SSSR count). The zero-order chi connectivity index (χ0) is 22.2. The van der Waals surface area contributed by atoms with Crippen LogP contribution in [0.1, 0.15) is 18.1 Å². The number of carbonyl (C=O) groups excluding carboxylic acids is 3. The van der Waals surface area contributed by atoms with Crippen LogP contribution in [-0.2, 0) is 15.1 Å². The number of benzene rings is 3. The van der Waals surface area contributed by atoms with Crippen LogP contribution in [0.25, 0.3) is 10.8 Å². The SMILES string of the molecule is COc1ccc(C2(C)NC(=O)N(CC(=O)Nc3cccc4ccccc34)C2=O)cc1C. The second-order valence-corrected chi connectivity index (χ2v) is 7.71. The Kier molecular flexibility index (Phi) is 5.10. The van der Waals surface area contributed by atoms with Gasteiger partial charge >= 0.3 is 6.03 Å². The van der Waals surface area contributed by atoms with Crippen LogP contribution in [0.3, 0.4) is 0 Å². The minimum Gasteiger partial charge on any atom is -0.496 e. The van der Waals surface area contributed by atoms with Gasteiger partial charge in [-0.25, -0.2) is 4.79 Å². The van der Waals surface area contributed by atoms with Gasteiger partial charge in [0.25, 0.3) is 5.91 Å². The summed E-state index contributed by atoms with van der Waals surface area (Å²) in [5.41, 5.74) is 0.841. The van der Waals surface area contributed by atoms with Gasteiger partial charge in [-0.2, -0.15) is 0 Å². The summed E-state index contributed by atoms with van der Waals surface area (Å²) in [5.74, 6) is -0.236. The van der Waals surface area contributed by atoms with E-state index in [2.05, 4.69) is 10.6 Å². The molecular formula is C24H23N3O4. The average molecular weight is 417 g/mol. The Labute approximate surface area is 180 Å². The molecule has 31 heavy (non-hydrogen) atoms. The van der Waals surface area contributed by atoms with Crippen molar-refractivity contribution in [3.8, 4) is 5.75 Å². The summed E-state index contributed by atoms with van der Waals surface area (Å²) >= 11 is 0. The first kappa shape index (κ1) is 20.4. The maximum Gasteiger partial charge on any atom is 0.325 e. The summed E-state index contributed by atoms with van der Waals surface area (Å²) in [6, 6.07) is 17.9. The zero-order valence-corrected chi connectivity index (χ0v) is 17.6. The van der Waals surface area contributed by atoms with Crippen molar-refractivity contribution in [3.05, 3.63) is 71.8 Å². The Hall–Kier alpha value is -3.87. The van der Waals surface area contributed by atoms with E-state index in [1.807, 2.05) is 43.3 Å². The Morgan fingerprint density at radius 2 is 1.84 bits per heavy atom. The van der Waals surface area contributed by atoms with E-state index in [-0.39, 0.29) is 6.54 Å². The molecule has 0 radical (unpaired) electrons. The van der Waals surface area contributed by atoms with E-state index in [4.69, 9.17) is 4.74 Å². The molecule has 0 aromatic heterocycles. The van der Waals surface area contributed by atoms with Crippen LogP contribution in [0.5, 0.6) is 5.75 Å². The van der Waals surface area contributed by atoms with Gasteiger partial charge in [-0.15, -0.1) is 0 Å². The van der Waals surface area contributed by atoms with Crippen molar-refractivity contribution >= 4 is 34.3 Å². The molecule has 0 spiro atoms. The van der Waals surface area contributed by atoms with Crippen molar-refractivity contribution in [2.24, 2.45) is 0 Å². The summed E-state index contributed by atoms with van der Waals surface area (Å²) in [7, 11) is 1.57. The number of hydrogen-bond donors (Lipinski definition) is 2. The minimum atomic E-state index is -1.26. The average Bonchev–Trinajstić information content (AvgIpc) is 2.98. The molecule has 0 saturated carbocycles. The number of anilines is 1. The second kappa shape index (κ2) is 7.75. The van der Waals surface area contributed by atoms with Crippen molar-refractivity contribution in [2.75, 3.05) is 19.0 Å². The first-order chi connectivity index (χ1) is 14.8. The van der Waals surface area contributed by atoms with Gasteiger partial charge in [-0.05, 0) is 48.6 Å². The van der Waals surface area contributed by atoms with E-state index in [1.165, 1.54) is 0 Å². The maximum absolute atomic E-state index is 13.1. The number of imide groups is 1. The quantitative estimate of drug-likeness (QED) is 0.622. The van der Waals surface area contributed by atoms with Crippen LogP contribution in [0, 0.1) is 6.92 Å². The molecule has 1 atom stereocenters. The monoisotopic (exact) mass is 417 g/mol. The number of ether oxygens (including phenoxy) is 1. The third kappa shape index (κ3) is 3.59. The molecule has 0 bridgehead atoms. The smallest absolute Gasteiger partial charge is 0.325 e. The molecule has 1 aliphatic heterocycles. The lowest BCUT2D eigenvalue weighted by Crippen LogP contribution is -2.42. The molecule has 3 aromatic carbocycles. The van der Waals surface area contributed by atoms with E-state index in [9.17, 15) is 14.4 Å². The molecule has 2 N–H and O–H groups in total. The third-order valence-corrected chi connectivity index (χ3v) is 5.61. The molecule has 1 fully saturated rings. The van der Waals surface area contributed by atoms with Gasteiger partial charge in [0.1, 0.15) is 17.8 Å². The number of urea groups is 1. The van der Waals surface area contributed by atoms with Gasteiger partial charge in [0.05, 0.1) is 7.11 Å². The standard InChI is InChI=1S/C24H23N3O4/c1-15-13-17(11-12-20(15)31-3)24(2)22(29)27(23(30)26-24)14-21(28)25-19-10-6-8-16-7-4-5-9-18(16)19/h4-13H,14H2,1-3H3,(H,25,28)(H,26,30). The summed E-state index contributed by atoms with van der Waals surface area (Å²) in [5, 5.41) is 7.41. The number of carbonyl (C=O) groups is 3. The van der Waals surface area contributed by atoms with Gasteiger partial charge in [0, 0.05) is 11.1 Å². The molecule has 3 aromatic rings. The van der Waals surface area contributed by atoms with Crippen molar-refractivity contribution in [1.29, 1.82) is 0 Å². The van der Waals surface area contributed by atoms with Crippen molar-refractivity contribution < 1.29 is 19.1 Å². The highest BCUT2D eigenvalue weighted by Crippen LogP contribution is 2.32. The van der Waals surface area contributed by atoms with Gasteiger partial charge in [0.15, 0.2) is 0 Å². The molecule has 0 aliphatic carbocycles. The maximum atomic E-state index is 13.1. The normalized spacial score (nSPS) is 18.2. The fourth-order valence-corrected chi connectivity index (χ4v) is 3.89. The van der Waals surface area contributed by atoms with Crippen molar-refractivity contribution in [2.45, 2.75) is 19.4 Å². The summed E-state index contributed by atoms with van der Waals surface area (Å²) in [6.07, 6.45) is 0. The molecule has 1 aliphatic rings. The predicted octanol–water partition coefficient (Wildman–Crippen LogP) is 3.56. The van der Waals surface area contributed by atoms with Gasteiger partial charge < -0.3 is 15.4 Å². The minimum absolute atomic E-state index is 0.376. The number of hydrogen-bond acceptors (Lipinski definition) is 4. The van der Waals surface area contributed by atoms with E-state index in [0.717, 1.165) is 21.2 Å². The highest BCUT2D eigenvalue weighted by Gasteiger charge is 2.49. The predicted molar refractivity (Wildman–Crippen MR) is 118 cm³/mol. The van der Waals surface area contributed by atoms with Crippen LogP contribution in [-0.4, -0.2) is 36.4 Å². The molecule has 1 heterocycles. The number of amides is 4. The van der Waals surface area contributed by atoms with Crippen LogP contribution < -0.4 is 15.4 Å². The molecule has 1 unspecified atom stereocenters. The molecule has 1 saturated heterocycles. The van der Waals surface area contributed by atoms with Crippen molar-refractivity contribution in [3.63, 3.8) is 0 Å².